The van der Waals surface area contributed by atoms with Crippen LogP contribution in [0.25, 0.3) is 0 Å². The summed E-state index contributed by atoms with van der Waals surface area (Å²) in [5.41, 5.74) is 0.749. The average molecular weight is 241 g/mol. The highest BCUT2D eigenvalue weighted by molar-refractivity contribution is 5.94. The van der Waals surface area contributed by atoms with Crippen molar-refractivity contribution in [3.8, 4) is 0 Å². The van der Waals surface area contributed by atoms with Gasteiger partial charge in [0.2, 0.25) is 0 Å². The third kappa shape index (κ3) is 2.95. The first kappa shape index (κ1) is 13.0. The van der Waals surface area contributed by atoms with Crippen molar-refractivity contribution in [2.24, 2.45) is 5.92 Å². The lowest BCUT2D eigenvalue weighted by Crippen LogP contribution is -2.39. The number of hydrogen-bond donors (Lipinski definition) is 0. The highest BCUT2D eigenvalue weighted by Crippen LogP contribution is 2.17. The van der Waals surface area contributed by atoms with Gasteiger partial charge in [-0.25, -0.2) is 0 Å². The van der Waals surface area contributed by atoms with Gasteiger partial charge in [-0.1, -0.05) is 6.92 Å². The van der Waals surface area contributed by atoms with E-state index in [2.05, 4.69) is 11.9 Å². The van der Waals surface area contributed by atoms with E-state index in [4.69, 9.17) is 0 Å². The molecule has 2 rings (SSSR count). The molecule has 0 spiro atoms. The van der Waals surface area contributed by atoms with Gasteiger partial charge in [-0.3, -0.25) is 9.78 Å². The summed E-state index contributed by atoms with van der Waals surface area (Å²) in [5.74, 6) is 0.772. The zero-order valence-corrected chi connectivity index (χ0v) is 10.2. The van der Waals surface area contributed by atoms with E-state index in [1.165, 1.54) is 6.42 Å². The Bertz CT molecular complexity index is 342. The molecule has 1 atom stereocenters. The summed E-state index contributed by atoms with van der Waals surface area (Å²) < 4.78 is 0. The molecular formula is C12H17ClN2O. The van der Waals surface area contributed by atoms with Crippen LogP contribution in [0, 0.1) is 5.92 Å². The van der Waals surface area contributed by atoms with E-state index in [0.29, 0.717) is 5.92 Å². The maximum absolute atomic E-state index is 12.0. The van der Waals surface area contributed by atoms with Crippen LogP contribution in [-0.4, -0.2) is 28.9 Å². The fourth-order valence-corrected chi connectivity index (χ4v) is 2.05. The number of aromatic nitrogens is 1. The number of pyridine rings is 1. The maximum Gasteiger partial charge on any atom is 0.253 e. The van der Waals surface area contributed by atoms with Crippen LogP contribution in [0.1, 0.15) is 30.1 Å². The van der Waals surface area contributed by atoms with Crippen LogP contribution in [0.4, 0.5) is 0 Å². The molecule has 0 N–H and O–H groups in total. The van der Waals surface area contributed by atoms with Gasteiger partial charge in [0.25, 0.3) is 5.91 Å². The molecule has 1 aliphatic heterocycles. The number of amides is 1. The van der Waals surface area contributed by atoms with Crippen LogP contribution >= 0.6 is 12.4 Å². The topological polar surface area (TPSA) is 33.2 Å². The summed E-state index contributed by atoms with van der Waals surface area (Å²) in [6, 6.07) is 3.56. The van der Waals surface area contributed by atoms with Crippen LogP contribution < -0.4 is 0 Å². The second-order valence-electron chi connectivity index (χ2n) is 4.23. The molecule has 16 heavy (non-hydrogen) atoms. The minimum atomic E-state index is 0. The fourth-order valence-electron chi connectivity index (χ4n) is 2.05. The Morgan fingerprint density at radius 3 is 2.75 bits per heavy atom. The minimum absolute atomic E-state index is 0. The molecule has 2 heterocycles. The highest BCUT2D eigenvalue weighted by Gasteiger charge is 2.21. The summed E-state index contributed by atoms with van der Waals surface area (Å²) in [6.45, 7) is 3.98. The smallest absolute Gasteiger partial charge is 0.253 e. The Morgan fingerprint density at radius 2 is 2.12 bits per heavy atom. The van der Waals surface area contributed by atoms with E-state index in [1.807, 2.05) is 4.90 Å². The number of halogens is 1. The molecule has 1 amide bonds. The first-order chi connectivity index (χ1) is 7.27. The number of piperidine rings is 1. The molecule has 1 saturated heterocycles. The van der Waals surface area contributed by atoms with Crippen molar-refractivity contribution >= 4 is 18.3 Å². The Hall–Kier alpha value is -1.09. The fraction of sp³-hybridized carbons (Fsp3) is 0.500. The lowest BCUT2D eigenvalue weighted by atomic mass is 10.00. The van der Waals surface area contributed by atoms with Crippen molar-refractivity contribution in [2.45, 2.75) is 19.8 Å². The molecule has 1 unspecified atom stereocenters. The quantitative estimate of drug-likeness (QED) is 0.755. The molecule has 0 aliphatic carbocycles. The summed E-state index contributed by atoms with van der Waals surface area (Å²) in [6.07, 6.45) is 5.69. The van der Waals surface area contributed by atoms with Gasteiger partial charge in [0.15, 0.2) is 0 Å². The van der Waals surface area contributed by atoms with Crippen LogP contribution in [0.2, 0.25) is 0 Å². The lowest BCUT2D eigenvalue weighted by Gasteiger charge is -2.30. The van der Waals surface area contributed by atoms with Crippen molar-refractivity contribution in [2.75, 3.05) is 13.1 Å². The van der Waals surface area contributed by atoms with Crippen LogP contribution in [0.15, 0.2) is 24.5 Å². The van der Waals surface area contributed by atoms with E-state index >= 15 is 0 Å². The van der Waals surface area contributed by atoms with E-state index in [9.17, 15) is 4.79 Å². The Labute approximate surface area is 102 Å². The third-order valence-corrected chi connectivity index (χ3v) is 2.87. The van der Waals surface area contributed by atoms with Gasteiger partial charge >= 0.3 is 0 Å². The molecule has 1 aromatic heterocycles. The molecule has 0 aromatic carbocycles. The van der Waals surface area contributed by atoms with E-state index in [-0.39, 0.29) is 18.3 Å². The van der Waals surface area contributed by atoms with E-state index in [0.717, 1.165) is 25.1 Å². The Balaban J connectivity index is 0.00000128. The predicted molar refractivity (Wildman–Crippen MR) is 65.8 cm³/mol. The first-order valence-corrected chi connectivity index (χ1v) is 5.46. The number of carbonyl (C=O) groups excluding carboxylic acids is 1. The van der Waals surface area contributed by atoms with Crippen LogP contribution in [0.5, 0.6) is 0 Å². The maximum atomic E-state index is 12.0. The molecule has 4 heteroatoms. The molecule has 88 valence electrons. The van der Waals surface area contributed by atoms with Crippen molar-refractivity contribution in [3.05, 3.63) is 30.1 Å². The monoisotopic (exact) mass is 240 g/mol. The Kier molecular flexibility index (Phi) is 4.74. The second-order valence-corrected chi connectivity index (χ2v) is 4.23. The number of hydrogen-bond acceptors (Lipinski definition) is 2. The summed E-state index contributed by atoms with van der Waals surface area (Å²) in [7, 11) is 0. The molecule has 0 radical (unpaired) electrons. The van der Waals surface area contributed by atoms with Gasteiger partial charge in [0.1, 0.15) is 0 Å². The van der Waals surface area contributed by atoms with Crippen LogP contribution in [0.3, 0.4) is 0 Å². The number of likely N-dealkylation sites (tertiary alicyclic amines) is 1. The van der Waals surface area contributed by atoms with Gasteiger partial charge in [0.05, 0.1) is 0 Å². The number of rotatable bonds is 1. The molecule has 0 saturated carbocycles. The standard InChI is InChI=1S/C12H16N2O.ClH/c1-10-3-2-8-14(9-10)12(15)11-4-6-13-7-5-11;/h4-7,10H,2-3,8-9H2,1H3;1H. The van der Waals surface area contributed by atoms with Crippen molar-refractivity contribution in [1.82, 2.24) is 9.88 Å². The second kappa shape index (κ2) is 5.85. The van der Waals surface area contributed by atoms with Gasteiger partial charge < -0.3 is 4.90 Å². The van der Waals surface area contributed by atoms with Gasteiger partial charge in [-0.2, -0.15) is 0 Å². The molecule has 1 fully saturated rings. The van der Waals surface area contributed by atoms with Gasteiger partial charge in [-0.05, 0) is 30.9 Å². The molecule has 3 nitrogen and oxygen atoms in total. The predicted octanol–water partition coefficient (Wildman–Crippen LogP) is 2.38. The first-order valence-electron chi connectivity index (χ1n) is 5.46. The van der Waals surface area contributed by atoms with Crippen molar-refractivity contribution < 1.29 is 4.79 Å². The normalized spacial score (nSPS) is 20.1. The molecule has 1 aromatic rings. The average Bonchev–Trinajstić information content (AvgIpc) is 2.29. The summed E-state index contributed by atoms with van der Waals surface area (Å²) >= 11 is 0. The van der Waals surface area contributed by atoms with E-state index in [1.54, 1.807) is 24.5 Å². The van der Waals surface area contributed by atoms with Crippen molar-refractivity contribution in [1.29, 1.82) is 0 Å². The zero-order valence-electron chi connectivity index (χ0n) is 9.43. The Morgan fingerprint density at radius 1 is 1.44 bits per heavy atom. The lowest BCUT2D eigenvalue weighted by molar-refractivity contribution is 0.0683. The molecule has 0 bridgehead atoms. The van der Waals surface area contributed by atoms with Crippen molar-refractivity contribution in [3.63, 3.8) is 0 Å². The zero-order chi connectivity index (χ0) is 10.7. The summed E-state index contributed by atoms with van der Waals surface area (Å²) in [5, 5.41) is 0. The van der Waals surface area contributed by atoms with E-state index < -0.39 is 0 Å². The van der Waals surface area contributed by atoms with Gasteiger partial charge in [0, 0.05) is 31.0 Å². The summed E-state index contributed by atoms with van der Waals surface area (Å²) in [4.78, 5) is 17.9. The number of carbonyl (C=O) groups is 1. The molecule has 1 aliphatic rings. The SMILES string of the molecule is CC1CCCN(C(=O)c2ccncc2)C1.Cl. The largest absolute Gasteiger partial charge is 0.338 e. The third-order valence-electron chi connectivity index (χ3n) is 2.87. The van der Waals surface area contributed by atoms with Crippen LogP contribution in [-0.2, 0) is 0 Å². The molecular weight excluding hydrogens is 224 g/mol. The van der Waals surface area contributed by atoms with Gasteiger partial charge in [-0.15, -0.1) is 12.4 Å². The number of nitrogens with zero attached hydrogens (tertiary/aromatic N) is 2. The minimum Gasteiger partial charge on any atom is -0.338 e. The highest BCUT2D eigenvalue weighted by atomic mass is 35.5.